The lowest BCUT2D eigenvalue weighted by atomic mass is 10.3. The molecule has 168 valence electrons. The Bertz CT molecular complexity index is 1220. The summed E-state index contributed by atoms with van der Waals surface area (Å²) in [5.41, 5.74) is 0.599. The maximum absolute atomic E-state index is 12.6. The van der Waals surface area contributed by atoms with Gasteiger partial charge in [-0.15, -0.1) is 10.2 Å². The third-order valence-corrected chi connectivity index (χ3v) is 5.84. The van der Waals surface area contributed by atoms with Crippen molar-refractivity contribution in [1.82, 2.24) is 14.8 Å². The van der Waals surface area contributed by atoms with E-state index < -0.39 is 0 Å². The molecule has 7 nitrogen and oxygen atoms in total. The highest BCUT2D eigenvalue weighted by molar-refractivity contribution is 7.99. The third-order valence-electron chi connectivity index (χ3n) is 4.57. The number of benzene rings is 3. The number of halogens is 1. The van der Waals surface area contributed by atoms with Gasteiger partial charge in [0.1, 0.15) is 18.1 Å². The number of hydrogen-bond donors (Lipinski definition) is 1. The molecule has 33 heavy (non-hydrogen) atoms. The van der Waals surface area contributed by atoms with Crippen LogP contribution in [-0.2, 0) is 18.4 Å². The first kappa shape index (κ1) is 22.7. The van der Waals surface area contributed by atoms with E-state index in [0.29, 0.717) is 38.9 Å². The van der Waals surface area contributed by atoms with Gasteiger partial charge in [-0.1, -0.05) is 53.7 Å². The Balaban J connectivity index is 1.32. The van der Waals surface area contributed by atoms with Crippen LogP contribution < -0.4 is 14.8 Å². The first-order chi connectivity index (χ1) is 16.1. The standard InChI is InChI=1S/C24H21ClN4O3S/c1-29-22(15-31-18-13-11-17(25)12-14-18)27-28-24(29)33-16-23(30)26-20-9-5-6-10-21(20)32-19-7-3-2-4-8-19/h2-14H,15-16H2,1H3,(H,26,30). The Kier molecular flexibility index (Phi) is 7.49. The average Bonchev–Trinajstić information content (AvgIpc) is 3.18. The van der Waals surface area contributed by atoms with Crippen molar-refractivity contribution in [1.29, 1.82) is 0 Å². The van der Waals surface area contributed by atoms with Gasteiger partial charge in [0.25, 0.3) is 0 Å². The molecule has 0 radical (unpaired) electrons. The molecular formula is C24H21ClN4O3S. The van der Waals surface area contributed by atoms with E-state index in [1.807, 2.05) is 55.6 Å². The topological polar surface area (TPSA) is 78.3 Å². The first-order valence-corrected chi connectivity index (χ1v) is 11.5. The Morgan fingerprint density at radius 1 is 0.970 bits per heavy atom. The number of thioether (sulfide) groups is 1. The average molecular weight is 481 g/mol. The lowest BCUT2D eigenvalue weighted by Crippen LogP contribution is -2.15. The Morgan fingerprint density at radius 3 is 2.48 bits per heavy atom. The quantitative estimate of drug-likeness (QED) is 0.315. The van der Waals surface area contributed by atoms with Crippen molar-refractivity contribution in [2.45, 2.75) is 11.8 Å². The van der Waals surface area contributed by atoms with Gasteiger partial charge in [0.15, 0.2) is 16.7 Å². The zero-order valence-corrected chi connectivity index (χ0v) is 19.3. The molecule has 0 aliphatic carbocycles. The SMILES string of the molecule is Cn1c(COc2ccc(Cl)cc2)nnc1SCC(=O)Nc1ccccc1Oc1ccccc1. The minimum atomic E-state index is -0.175. The van der Waals surface area contributed by atoms with Crippen LogP contribution in [0.3, 0.4) is 0 Å². The summed E-state index contributed by atoms with van der Waals surface area (Å²) in [5, 5.41) is 12.5. The molecule has 1 N–H and O–H groups in total. The number of nitrogens with one attached hydrogen (secondary N) is 1. The molecule has 0 aliphatic rings. The van der Waals surface area contributed by atoms with E-state index in [-0.39, 0.29) is 18.3 Å². The lowest BCUT2D eigenvalue weighted by Gasteiger charge is -2.12. The fraction of sp³-hybridized carbons (Fsp3) is 0.125. The summed E-state index contributed by atoms with van der Waals surface area (Å²) in [6.45, 7) is 0.252. The highest BCUT2D eigenvalue weighted by Crippen LogP contribution is 2.29. The molecule has 1 amide bonds. The number of rotatable bonds is 9. The Hall–Kier alpha value is -3.49. The molecule has 9 heteroatoms. The van der Waals surface area contributed by atoms with Crippen molar-refractivity contribution in [3.8, 4) is 17.2 Å². The van der Waals surface area contributed by atoms with Crippen molar-refractivity contribution in [3.05, 3.63) is 89.7 Å². The second kappa shape index (κ2) is 10.9. The minimum Gasteiger partial charge on any atom is -0.486 e. The number of nitrogens with zero attached hydrogens (tertiary/aromatic N) is 3. The molecule has 1 heterocycles. The van der Waals surface area contributed by atoms with Crippen LogP contribution in [0.5, 0.6) is 17.2 Å². The van der Waals surface area contributed by atoms with Crippen LogP contribution in [0.15, 0.2) is 84.0 Å². The molecule has 0 saturated carbocycles. The second-order valence-corrected chi connectivity index (χ2v) is 8.33. The van der Waals surface area contributed by atoms with Crippen molar-refractivity contribution in [2.24, 2.45) is 7.05 Å². The molecule has 0 unspecified atom stereocenters. The smallest absolute Gasteiger partial charge is 0.234 e. The number of para-hydroxylation sites is 3. The summed E-state index contributed by atoms with van der Waals surface area (Å²) in [7, 11) is 1.84. The summed E-state index contributed by atoms with van der Waals surface area (Å²) in [4.78, 5) is 12.6. The van der Waals surface area contributed by atoms with Crippen molar-refractivity contribution in [3.63, 3.8) is 0 Å². The zero-order chi connectivity index (χ0) is 23.0. The maximum atomic E-state index is 12.6. The molecule has 0 spiro atoms. The number of carbonyl (C=O) groups excluding carboxylic acids is 1. The zero-order valence-electron chi connectivity index (χ0n) is 17.8. The van der Waals surface area contributed by atoms with Gasteiger partial charge in [-0.2, -0.15) is 0 Å². The highest BCUT2D eigenvalue weighted by Gasteiger charge is 2.14. The van der Waals surface area contributed by atoms with Gasteiger partial charge in [-0.25, -0.2) is 0 Å². The van der Waals surface area contributed by atoms with Crippen LogP contribution in [0, 0.1) is 0 Å². The van der Waals surface area contributed by atoms with Gasteiger partial charge in [0.05, 0.1) is 11.4 Å². The Labute approximate surface area is 200 Å². The van der Waals surface area contributed by atoms with Gasteiger partial charge >= 0.3 is 0 Å². The first-order valence-electron chi connectivity index (χ1n) is 10.1. The fourth-order valence-electron chi connectivity index (χ4n) is 2.87. The molecule has 0 aliphatic heterocycles. The Morgan fingerprint density at radius 2 is 1.70 bits per heavy atom. The number of ether oxygens (including phenoxy) is 2. The number of anilines is 1. The monoisotopic (exact) mass is 480 g/mol. The molecule has 4 aromatic rings. The van der Waals surface area contributed by atoms with Crippen molar-refractivity contribution < 1.29 is 14.3 Å². The van der Waals surface area contributed by atoms with Crippen LogP contribution in [0.1, 0.15) is 5.82 Å². The van der Waals surface area contributed by atoms with E-state index in [0.717, 1.165) is 0 Å². The maximum Gasteiger partial charge on any atom is 0.234 e. The molecule has 3 aromatic carbocycles. The van der Waals surface area contributed by atoms with Crippen molar-refractivity contribution in [2.75, 3.05) is 11.1 Å². The minimum absolute atomic E-state index is 0.170. The number of hydrogen-bond acceptors (Lipinski definition) is 6. The lowest BCUT2D eigenvalue weighted by molar-refractivity contribution is -0.113. The van der Waals surface area contributed by atoms with Gasteiger partial charge in [-0.3, -0.25) is 4.79 Å². The summed E-state index contributed by atoms with van der Waals surface area (Å²) >= 11 is 7.18. The summed E-state index contributed by atoms with van der Waals surface area (Å²) in [6.07, 6.45) is 0. The number of amides is 1. The molecule has 1 aromatic heterocycles. The van der Waals surface area contributed by atoms with Crippen LogP contribution >= 0.6 is 23.4 Å². The molecule has 4 rings (SSSR count). The number of aromatic nitrogens is 3. The van der Waals surface area contributed by atoms with E-state index >= 15 is 0 Å². The summed E-state index contributed by atoms with van der Waals surface area (Å²) in [6, 6.07) is 23.8. The molecule has 0 fully saturated rings. The summed E-state index contributed by atoms with van der Waals surface area (Å²) in [5.74, 6) is 2.60. The van der Waals surface area contributed by atoms with Crippen molar-refractivity contribution >= 4 is 35.0 Å². The highest BCUT2D eigenvalue weighted by atomic mass is 35.5. The van der Waals surface area contributed by atoms with E-state index in [4.69, 9.17) is 21.1 Å². The van der Waals surface area contributed by atoms with Gasteiger partial charge in [0.2, 0.25) is 5.91 Å². The van der Waals surface area contributed by atoms with Crippen LogP contribution in [0.2, 0.25) is 5.02 Å². The second-order valence-electron chi connectivity index (χ2n) is 6.95. The van der Waals surface area contributed by atoms with Crippen LogP contribution in [0.4, 0.5) is 5.69 Å². The van der Waals surface area contributed by atoms with Gasteiger partial charge in [-0.05, 0) is 48.5 Å². The predicted octanol–water partition coefficient (Wildman–Crippen LogP) is 5.57. The van der Waals surface area contributed by atoms with Crippen LogP contribution in [-0.4, -0.2) is 26.4 Å². The predicted molar refractivity (Wildman–Crippen MR) is 129 cm³/mol. The fourth-order valence-corrected chi connectivity index (χ4v) is 3.72. The van der Waals surface area contributed by atoms with E-state index in [1.165, 1.54) is 11.8 Å². The van der Waals surface area contributed by atoms with E-state index in [1.54, 1.807) is 34.9 Å². The van der Waals surface area contributed by atoms with Crippen LogP contribution in [0.25, 0.3) is 0 Å². The largest absolute Gasteiger partial charge is 0.486 e. The van der Waals surface area contributed by atoms with E-state index in [2.05, 4.69) is 15.5 Å². The normalized spacial score (nSPS) is 10.6. The third kappa shape index (κ3) is 6.27. The molecule has 0 atom stereocenters. The van der Waals surface area contributed by atoms with E-state index in [9.17, 15) is 4.79 Å². The van der Waals surface area contributed by atoms with Gasteiger partial charge in [0, 0.05) is 12.1 Å². The molecule has 0 bridgehead atoms. The molecule has 0 saturated heterocycles. The molecular weight excluding hydrogens is 460 g/mol. The van der Waals surface area contributed by atoms with Gasteiger partial charge < -0.3 is 19.4 Å². The number of carbonyl (C=O) groups is 1. The summed E-state index contributed by atoms with van der Waals surface area (Å²) < 4.78 is 13.4.